The van der Waals surface area contributed by atoms with Crippen molar-refractivity contribution in [3.05, 3.63) is 35.4 Å². The van der Waals surface area contributed by atoms with Gasteiger partial charge in [0, 0.05) is 25.9 Å². The fraction of sp³-hybridized carbons (Fsp3) is 0.611. The van der Waals surface area contributed by atoms with Crippen molar-refractivity contribution in [2.24, 2.45) is 5.92 Å². The van der Waals surface area contributed by atoms with Crippen molar-refractivity contribution < 1.29 is 14.3 Å². The molecule has 0 saturated carbocycles. The number of nitrogens with zero attached hydrogens (tertiary/aromatic N) is 1. The fourth-order valence-electron chi connectivity index (χ4n) is 3.66. The van der Waals surface area contributed by atoms with E-state index >= 15 is 0 Å². The monoisotopic (exact) mass is 303 g/mol. The SMILES string of the molecule is COCCC1CCOC2(C1)CN(C(=O)c1ccccc1C)C2. The zero-order valence-corrected chi connectivity index (χ0v) is 13.5. The maximum Gasteiger partial charge on any atom is 0.254 e. The molecule has 1 atom stereocenters. The smallest absolute Gasteiger partial charge is 0.254 e. The Kier molecular flexibility index (Phi) is 4.50. The van der Waals surface area contributed by atoms with Crippen molar-refractivity contribution in [3.8, 4) is 0 Å². The molecule has 0 aromatic heterocycles. The van der Waals surface area contributed by atoms with Gasteiger partial charge in [-0.05, 0) is 43.7 Å². The Bertz CT molecular complexity index is 537. The first-order chi connectivity index (χ1) is 10.6. The number of hydrogen-bond donors (Lipinski definition) is 0. The topological polar surface area (TPSA) is 38.8 Å². The van der Waals surface area contributed by atoms with Crippen LogP contribution in [0.5, 0.6) is 0 Å². The molecule has 1 spiro atoms. The van der Waals surface area contributed by atoms with Gasteiger partial charge in [0.15, 0.2) is 0 Å². The van der Waals surface area contributed by atoms with Gasteiger partial charge in [-0.2, -0.15) is 0 Å². The van der Waals surface area contributed by atoms with Crippen molar-refractivity contribution in [2.75, 3.05) is 33.4 Å². The number of hydrogen-bond acceptors (Lipinski definition) is 3. The van der Waals surface area contributed by atoms with E-state index in [9.17, 15) is 4.79 Å². The molecule has 22 heavy (non-hydrogen) atoms. The number of amides is 1. The molecule has 1 aromatic carbocycles. The molecule has 2 aliphatic rings. The summed E-state index contributed by atoms with van der Waals surface area (Å²) >= 11 is 0. The molecule has 2 fully saturated rings. The number of aryl methyl sites for hydroxylation is 1. The Morgan fingerprint density at radius 1 is 1.41 bits per heavy atom. The van der Waals surface area contributed by atoms with Gasteiger partial charge in [-0.1, -0.05) is 18.2 Å². The lowest BCUT2D eigenvalue weighted by Crippen LogP contribution is -2.66. The van der Waals surface area contributed by atoms with Gasteiger partial charge in [0.1, 0.15) is 5.60 Å². The molecule has 120 valence electrons. The quantitative estimate of drug-likeness (QED) is 0.858. The van der Waals surface area contributed by atoms with Crippen LogP contribution in [0.15, 0.2) is 24.3 Å². The number of carbonyl (C=O) groups excluding carboxylic acids is 1. The maximum atomic E-state index is 12.6. The lowest BCUT2D eigenvalue weighted by molar-refractivity contribution is -0.167. The Morgan fingerprint density at radius 2 is 2.18 bits per heavy atom. The van der Waals surface area contributed by atoms with E-state index in [1.807, 2.05) is 36.1 Å². The zero-order valence-electron chi connectivity index (χ0n) is 13.5. The molecule has 0 N–H and O–H groups in total. The number of likely N-dealkylation sites (tertiary alicyclic amines) is 1. The standard InChI is InChI=1S/C18H25NO3/c1-14-5-3-4-6-16(14)17(20)19-12-18(13-19)11-15(7-9-21-2)8-10-22-18/h3-6,15H,7-13H2,1-2H3. The summed E-state index contributed by atoms with van der Waals surface area (Å²) in [7, 11) is 1.75. The van der Waals surface area contributed by atoms with Crippen molar-refractivity contribution in [3.63, 3.8) is 0 Å². The first-order valence-electron chi connectivity index (χ1n) is 8.11. The van der Waals surface area contributed by atoms with Gasteiger partial charge in [-0.3, -0.25) is 4.79 Å². The van der Waals surface area contributed by atoms with Gasteiger partial charge in [0.05, 0.1) is 13.1 Å². The molecule has 2 heterocycles. The summed E-state index contributed by atoms with van der Waals surface area (Å²) in [6.07, 6.45) is 3.25. The third kappa shape index (κ3) is 3.03. The molecular formula is C18H25NO3. The number of rotatable bonds is 4. The van der Waals surface area contributed by atoms with E-state index in [2.05, 4.69) is 0 Å². The summed E-state index contributed by atoms with van der Waals surface area (Å²) in [5.41, 5.74) is 1.75. The van der Waals surface area contributed by atoms with Crippen LogP contribution in [0.3, 0.4) is 0 Å². The average molecular weight is 303 g/mol. The first kappa shape index (κ1) is 15.5. The molecule has 0 radical (unpaired) electrons. The highest BCUT2D eigenvalue weighted by atomic mass is 16.5. The Morgan fingerprint density at radius 3 is 2.91 bits per heavy atom. The van der Waals surface area contributed by atoms with Crippen LogP contribution in [0.1, 0.15) is 35.2 Å². The second-order valence-electron chi connectivity index (χ2n) is 6.65. The van der Waals surface area contributed by atoms with Gasteiger partial charge in [-0.15, -0.1) is 0 Å². The van der Waals surface area contributed by atoms with Crippen LogP contribution in [0.2, 0.25) is 0 Å². The summed E-state index contributed by atoms with van der Waals surface area (Å²) in [5, 5.41) is 0. The minimum atomic E-state index is -0.102. The predicted octanol–water partition coefficient (Wildman–Crippen LogP) is 2.65. The minimum absolute atomic E-state index is 0.102. The Balaban J connectivity index is 1.59. The molecular weight excluding hydrogens is 278 g/mol. The minimum Gasteiger partial charge on any atom is -0.385 e. The second-order valence-corrected chi connectivity index (χ2v) is 6.65. The van der Waals surface area contributed by atoms with E-state index < -0.39 is 0 Å². The molecule has 0 bridgehead atoms. The van der Waals surface area contributed by atoms with Gasteiger partial charge >= 0.3 is 0 Å². The highest BCUT2D eigenvalue weighted by Gasteiger charge is 2.49. The summed E-state index contributed by atoms with van der Waals surface area (Å²) in [6.45, 7) is 5.06. The van der Waals surface area contributed by atoms with Crippen LogP contribution in [-0.4, -0.2) is 49.8 Å². The van der Waals surface area contributed by atoms with E-state index in [4.69, 9.17) is 9.47 Å². The molecule has 4 heteroatoms. The molecule has 1 unspecified atom stereocenters. The summed E-state index contributed by atoms with van der Waals surface area (Å²) in [5.74, 6) is 0.788. The zero-order chi connectivity index (χ0) is 15.6. The van der Waals surface area contributed by atoms with Crippen LogP contribution in [0.25, 0.3) is 0 Å². The molecule has 0 aliphatic carbocycles. The third-order valence-corrected chi connectivity index (χ3v) is 4.95. The lowest BCUT2D eigenvalue weighted by Gasteiger charge is -2.53. The predicted molar refractivity (Wildman–Crippen MR) is 85.0 cm³/mol. The van der Waals surface area contributed by atoms with Crippen LogP contribution in [0, 0.1) is 12.8 Å². The number of ether oxygens (including phenoxy) is 2. The molecule has 2 aliphatic heterocycles. The van der Waals surface area contributed by atoms with Gasteiger partial charge in [0.2, 0.25) is 0 Å². The molecule has 1 aromatic rings. The fourth-order valence-corrected chi connectivity index (χ4v) is 3.66. The van der Waals surface area contributed by atoms with Crippen LogP contribution < -0.4 is 0 Å². The van der Waals surface area contributed by atoms with E-state index in [0.29, 0.717) is 5.92 Å². The van der Waals surface area contributed by atoms with E-state index in [1.54, 1.807) is 7.11 Å². The number of methoxy groups -OCH3 is 1. The van der Waals surface area contributed by atoms with Crippen molar-refractivity contribution in [1.82, 2.24) is 4.90 Å². The van der Waals surface area contributed by atoms with Crippen molar-refractivity contribution >= 4 is 5.91 Å². The van der Waals surface area contributed by atoms with Crippen molar-refractivity contribution in [2.45, 2.75) is 31.8 Å². The number of benzene rings is 1. The summed E-state index contributed by atoms with van der Waals surface area (Å²) in [6, 6.07) is 7.79. The average Bonchev–Trinajstić information content (AvgIpc) is 2.50. The highest BCUT2D eigenvalue weighted by molar-refractivity contribution is 5.96. The van der Waals surface area contributed by atoms with Crippen LogP contribution in [-0.2, 0) is 9.47 Å². The van der Waals surface area contributed by atoms with E-state index in [-0.39, 0.29) is 11.5 Å². The van der Waals surface area contributed by atoms with Gasteiger partial charge in [0.25, 0.3) is 5.91 Å². The molecule has 1 amide bonds. The van der Waals surface area contributed by atoms with Crippen LogP contribution >= 0.6 is 0 Å². The third-order valence-electron chi connectivity index (χ3n) is 4.95. The Labute approximate surface area is 132 Å². The Hall–Kier alpha value is -1.39. The largest absolute Gasteiger partial charge is 0.385 e. The molecule has 4 nitrogen and oxygen atoms in total. The summed E-state index contributed by atoms with van der Waals surface area (Å²) in [4.78, 5) is 14.5. The molecule has 3 rings (SSSR count). The second kappa shape index (κ2) is 6.39. The normalized spacial score (nSPS) is 23.4. The van der Waals surface area contributed by atoms with Crippen LogP contribution in [0.4, 0.5) is 0 Å². The summed E-state index contributed by atoms with van der Waals surface area (Å²) < 4.78 is 11.2. The van der Waals surface area contributed by atoms with Crippen molar-refractivity contribution in [1.29, 1.82) is 0 Å². The van der Waals surface area contributed by atoms with E-state index in [1.165, 1.54) is 0 Å². The first-order valence-corrected chi connectivity index (χ1v) is 8.11. The molecule has 2 saturated heterocycles. The number of carbonyl (C=O) groups is 1. The van der Waals surface area contributed by atoms with E-state index in [0.717, 1.165) is 56.7 Å². The lowest BCUT2D eigenvalue weighted by atomic mass is 9.79. The highest BCUT2D eigenvalue weighted by Crippen LogP contribution is 2.38. The van der Waals surface area contributed by atoms with Gasteiger partial charge < -0.3 is 14.4 Å². The van der Waals surface area contributed by atoms with Gasteiger partial charge in [-0.25, -0.2) is 0 Å². The maximum absolute atomic E-state index is 12.6.